The summed E-state index contributed by atoms with van der Waals surface area (Å²) in [7, 11) is 0. The molecule has 168 valence electrons. The standard InChI is InChI=1S/C19H15BrF6N2O2S/c1-17(14-11(21)7-8-12(20)27-14,18(22,23)16(30)19(24,25)26)9-13(31)28-15(29)10-5-3-2-4-6-10/h2-8,16,30H,9H2,1H3,(H,28,29,31)/t16-,17+/m0/s1. The Bertz CT molecular complexity index is 974. The van der Waals surface area contributed by atoms with Crippen molar-refractivity contribution in [2.24, 2.45) is 0 Å². The monoisotopic (exact) mass is 528 g/mol. The van der Waals surface area contributed by atoms with Gasteiger partial charge in [-0.25, -0.2) is 18.2 Å². The summed E-state index contributed by atoms with van der Waals surface area (Å²) in [5.41, 5.74) is -4.02. The smallest absolute Gasteiger partial charge is 0.379 e. The minimum absolute atomic E-state index is 0.111. The van der Waals surface area contributed by atoms with Crippen LogP contribution in [-0.4, -0.2) is 39.2 Å². The highest BCUT2D eigenvalue weighted by molar-refractivity contribution is 9.10. The minimum atomic E-state index is -5.72. The lowest BCUT2D eigenvalue weighted by atomic mass is 9.74. The van der Waals surface area contributed by atoms with Crippen LogP contribution in [-0.2, 0) is 5.41 Å². The average Bonchev–Trinajstić information content (AvgIpc) is 2.68. The summed E-state index contributed by atoms with van der Waals surface area (Å²) < 4.78 is 83.3. The van der Waals surface area contributed by atoms with Crippen LogP contribution in [0.1, 0.15) is 29.4 Å². The molecule has 2 atom stereocenters. The Balaban J connectivity index is 2.48. The van der Waals surface area contributed by atoms with Gasteiger partial charge < -0.3 is 10.4 Å². The predicted molar refractivity (Wildman–Crippen MR) is 107 cm³/mol. The SMILES string of the molecule is C[C@@](CC(=S)NC(=O)c1ccccc1)(c1nc(Br)ccc1F)C(F)(F)[C@H](O)C(F)(F)F. The molecule has 2 rings (SSSR count). The van der Waals surface area contributed by atoms with Crippen LogP contribution in [0, 0.1) is 5.82 Å². The summed E-state index contributed by atoms with van der Waals surface area (Å²) >= 11 is 7.77. The Morgan fingerprint density at radius 3 is 2.29 bits per heavy atom. The molecule has 0 aliphatic heterocycles. The summed E-state index contributed by atoms with van der Waals surface area (Å²) in [6.07, 6.45) is -11.0. The molecule has 1 heterocycles. The molecule has 12 heteroatoms. The highest BCUT2D eigenvalue weighted by atomic mass is 79.9. The van der Waals surface area contributed by atoms with Crippen molar-refractivity contribution in [2.75, 3.05) is 0 Å². The number of pyridine rings is 1. The van der Waals surface area contributed by atoms with Gasteiger partial charge in [-0.05, 0) is 47.1 Å². The molecular weight excluding hydrogens is 514 g/mol. The van der Waals surface area contributed by atoms with Crippen LogP contribution in [0.15, 0.2) is 47.1 Å². The average molecular weight is 529 g/mol. The number of rotatable bonds is 6. The lowest BCUT2D eigenvalue weighted by Gasteiger charge is -2.40. The molecule has 2 aromatic rings. The van der Waals surface area contributed by atoms with Crippen LogP contribution < -0.4 is 5.32 Å². The number of halogens is 7. The zero-order valence-corrected chi connectivity index (χ0v) is 18.1. The molecule has 0 unspecified atom stereocenters. The second kappa shape index (κ2) is 9.21. The Hall–Kier alpha value is -2.05. The van der Waals surface area contributed by atoms with Gasteiger partial charge in [-0.2, -0.15) is 13.2 Å². The Labute approximate surface area is 186 Å². The first kappa shape index (κ1) is 25.2. The van der Waals surface area contributed by atoms with Crippen LogP contribution in [0.4, 0.5) is 26.3 Å². The van der Waals surface area contributed by atoms with Gasteiger partial charge in [0.25, 0.3) is 11.8 Å². The maximum absolute atomic E-state index is 15.0. The van der Waals surface area contributed by atoms with Crippen LogP contribution in [0.3, 0.4) is 0 Å². The molecule has 31 heavy (non-hydrogen) atoms. The largest absolute Gasteiger partial charge is 0.420 e. The third-order valence-corrected chi connectivity index (χ3v) is 5.21. The van der Waals surface area contributed by atoms with Gasteiger partial charge >= 0.3 is 6.18 Å². The maximum atomic E-state index is 15.0. The number of carbonyl (C=O) groups is 1. The number of aliphatic hydroxyl groups is 1. The molecule has 1 aromatic carbocycles. The first-order valence-corrected chi connectivity index (χ1v) is 9.74. The van der Waals surface area contributed by atoms with Crippen LogP contribution in [0.5, 0.6) is 0 Å². The molecule has 0 spiro atoms. The molecule has 0 bridgehead atoms. The fourth-order valence-corrected chi connectivity index (χ4v) is 3.52. The van der Waals surface area contributed by atoms with E-state index in [1.807, 2.05) is 0 Å². The highest BCUT2D eigenvalue weighted by Crippen LogP contribution is 2.48. The van der Waals surface area contributed by atoms with Crippen molar-refractivity contribution in [1.82, 2.24) is 10.3 Å². The van der Waals surface area contributed by atoms with E-state index in [0.717, 1.165) is 12.1 Å². The first-order chi connectivity index (χ1) is 14.2. The lowest BCUT2D eigenvalue weighted by Crippen LogP contribution is -2.58. The zero-order valence-electron chi connectivity index (χ0n) is 15.7. The highest BCUT2D eigenvalue weighted by Gasteiger charge is 2.65. The molecule has 0 fully saturated rings. The third kappa shape index (κ3) is 5.42. The maximum Gasteiger partial charge on any atom is 0.420 e. The summed E-state index contributed by atoms with van der Waals surface area (Å²) in [5.74, 6) is -7.10. The van der Waals surface area contributed by atoms with Gasteiger partial charge in [0.1, 0.15) is 10.4 Å². The van der Waals surface area contributed by atoms with Crippen LogP contribution in [0.2, 0.25) is 0 Å². The van der Waals surface area contributed by atoms with E-state index in [2.05, 4.69) is 26.2 Å². The molecule has 1 aromatic heterocycles. The second-order valence-electron chi connectivity index (χ2n) is 6.78. The van der Waals surface area contributed by atoms with Crippen molar-refractivity contribution >= 4 is 39.0 Å². The fourth-order valence-electron chi connectivity index (χ4n) is 2.83. The van der Waals surface area contributed by atoms with Crippen molar-refractivity contribution in [2.45, 2.75) is 37.0 Å². The van der Waals surface area contributed by atoms with Gasteiger partial charge in [-0.1, -0.05) is 30.4 Å². The van der Waals surface area contributed by atoms with Crippen LogP contribution >= 0.6 is 28.1 Å². The lowest BCUT2D eigenvalue weighted by molar-refractivity contribution is -0.286. The van der Waals surface area contributed by atoms with Crippen molar-refractivity contribution in [3.8, 4) is 0 Å². The Kier molecular flexibility index (Phi) is 7.49. The molecule has 1 amide bonds. The van der Waals surface area contributed by atoms with E-state index in [1.165, 1.54) is 24.3 Å². The van der Waals surface area contributed by atoms with E-state index < -0.39 is 52.4 Å². The van der Waals surface area contributed by atoms with Crippen LogP contribution in [0.25, 0.3) is 0 Å². The number of alkyl halides is 5. The number of amides is 1. The number of hydrogen-bond donors (Lipinski definition) is 2. The second-order valence-corrected chi connectivity index (χ2v) is 8.09. The van der Waals surface area contributed by atoms with Crippen molar-refractivity contribution < 1.29 is 36.2 Å². The number of thiocarbonyl (C=S) groups is 1. The molecule has 4 nitrogen and oxygen atoms in total. The normalized spacial score (nSPS) is 15.1. The molecule has 2 N–H and O–H groups in total. The Morgan fingerprint density at radius 2 is 1.74 bits per heavy atom. The van der Waals surface area contributed by atoms with E-state index in [1.54, 1.807) is 6.07 Å². The summed E-state index contributed by atoms with van der Waals surface area (Å²) in [5, 5.41) is 11.5. The first-order valence-electron chi connectivity index (χ1n) is 8.54. The number of nitrogens with one attached hydrogen (secondary N) is 1. The molecule has 0 radical (unpaired) electrons. The number of benzene rings is 1. The van der Waals surface area contributed by atoms with E-state index in [-0.39, 0.29) is 10.2 Å². The Morgan fingerprint density at radius 1 is 1.16 bits per heavy atom. The van der Waals surface area contributed by atoms with Gasteiger partial charge in [0, 0.05) is 12.0 Å². The fraction of sp³-hybridized carbons (Fsp3) is 0.316. The zero-order chi connectivity index (χ0) is 23.6. The van der Waals surface area contributed by atoms with Gasteiger partial charge in [0.15, 0.2) is 0 Å². The predicted octanol–water partition coefficient (Wildman–Crippen LogP) is 4.95. The number of nitrogens with zero attached hydrogens (tertiary/aromatic N) is 1. The molecule has 0 aliphatic rings. The molecule has 0 aliphatic carbocycles. The summed E-state index contributed by atoms with van der Waals surface area (Å²) in [4.78, 5) is 15.2. The minimum Gasteiger partial charge on any atom is -0.379 e. The van der Waals surface area contributed by atoms with Crippen molar-refractivity contribution in [1.29, 1.82) is 0 Å². The quantitative estimate of drug-likeness (QED) is 0.316. The summed E-state index contributed by atoms with van der Waals surface area (Å²) in [6, 6.07) is 9.25. The van der Waals surface area contributed by atoms with Gasteiger partial charge in [-0.15, -0.1) is 0 Å². The number of carbonyl (C=O) groups excluding carboxylic acids is 1. The van der Waals surface area contributed by atoms with E-state index in [4.69, 9.17) is 12.2 Å². The topological polar surface area (TPSA) is 62.2 Å². The van der Waals surface area contributed by atoms with Crippen molar-refractivity contribution in [3.63, 3.8) is 0 Å². The molecular formula is C19H15BrF6N2O2S. The number of hydrogen-bond acceptors (Lipinski definition) is 4. The van der Waals surface area contributed by atoms with Gasteiger partial charge in [0.2, 0.25) is 6.10 Å². The number of aromatic nitrogens is 1. The van der Waals surface area contributed by atoms with E-state index >= 15 is 8.78 Å². The van der Waals surface area contributed by atoms with E-state index in [9.17, 15) is 27.5 Å². The van der Waals surface area contributed by atoms with E-state index in [0.29, 0.717) is 6.92 Å². The molecule has 0 saturated carbocycles. The third-order valence-electron chi connectivity index (χ3n) is 4.53. The summed E-state index contributed by atoms with van der Waals surface area (Å²) in [6.45, 7) is 0.584. The number of aliphatic hydroxyl groups excluding tert-OH is 1. The van der Waals surface area contributed by atoms with Crippen molar-refractivity contribution in [3.05, 3.63) is 64.1 Å². The van der Waals surface area contributed by atoms with Gasteiger partial charge in [0.05, 0.1) is 16.1 Å². The van der Waals surface area contributed by atoms with Gasteiger partial charge in [-0.3, -0.25) is 4.79 Å². The molecule has 0 saturated heterocycles.